The average molecular weight is 404 g/mol. The van der Waals surface area contributed by atoms with Crippen LogP contribution in [0.4, 0.5) is 4.39 Å². The molecule has 0 aromatic heterocycles. The van der Waals surface area contributed by atoms with Crippen LogP contribution in [-0.2, 0) is 26.0 Å². The third-order valence-corrected chi connectivity index (χ3v) is 5.37. The number of hydrogen-bond donors (Lipinski definition) is 3. The third kappa shape index (κ3) is 4.34. The number of nitrogens with zero attached hydrogens (tertiary/aromatic N) is 1. The molecule has 2 aromatic rings. The molecule has 8 nitrogen and oxygen atoms in total. The van der Waals surface area contributed by atoms with Gasteiger partial charge in [0.2, 0.25) is 5.91 Å². The molecule has 1 heterocycles. The van der Waals surface area contributed by atoms with Crippen LogP contribution >= 0.6 is 0 Å². The number of benzene rings is 2. The van der Waals surface area contributed by atoms with E-state index in [4.69, 9.17) is 0 Å². The molecule has 0 radical (unpaired) electrons. The van der Waals surface area contributed by atoms with Crippen LogP contribution in [0.3, 0.4) is 0 Å². The van der Waals surface area contributed by atoms with Gasteiger partial charge in [0.25, 0.3) is 15.9 Å². The normalized spacial score (nSPS) is 16.7. The molecule has 2 aromatic carbocycles. The number of halogens is 1. The van der Waals surface area contributed by atoms with Gasteiger partial charge in [-0.25, -0.2) is 12.8 Å². The quantitative estimate of drug-likeness (QED) is 0.649. The average Bonchev–Trinajstić information content (AvgIpc) is 2.92. The first-order valence-electron chi connectivity index (χ1n) is 8.29. The first-order valence-corrected chi connectivity index (χ1v) is 9.78. The minimum Gasteiger partial charge on any atom is -0.273 e. The van der Waals surface area contributed by atoms with Crippen LogP contribution in [0, 0.1) is 5.82 Å². The minimum atomic E-state index is -3.70. The van der Waals surface area contributed by atoms with E-state index in [0.717, 1.165) is 0 Å². The van der Waals surface area contributed by atoms with Crippen molar-refractivity contribution in [2.24, 2.45) is 4.99 Å². The Morgan fingerprint density at radius 3 is 2.50 bits per heavy atom. The van der Waals surface area contributed by atoms with Gasteiger partial charge in [0.1, 0.15) is 17.7 Å². The number of sulfonamides is 1. The van der Waals surface area contributed by atoms with Gasteiger partial charge in [-0.3, -0.25) is 30.2 Å². The van der Waals surface area contributed by atoms with Crippen LogP contribution in [0.1, 0.15) is 18.1 Å². The van der Waals surface area contributed by atoms with E-state index in [1.54, 1.807) is 18.2 Å². The van der Waals surface area contributed by atoms with Gasteiger partial charge < -0.3 is 0 Å². The molecule has 2 amide bonds. The number of rotatable bonds is 4. The zero-order valence-corrected chi connectivity index (χ0v) is 15.6. The summed E-state index contributed by atoms with van der Waals surface area (Å²) in [6.07, 6.45) is -0.0450. The van der Waals surface area contributed by atoms with E-state index < -0.39 is 33.7 Å². The summed E-state index contributed by atoms with van der Waals surface area (Å²) < 4.78 is 39.3. The fourth-order valence-corrected chi connectivity index (χ4v) is 3.79. The Labute approximate surface area is 160 Å². The summed E-state index contributed by atoms with van der Waals surface area (Å²) >= 11 is 0. The number of fused-ring (bicyclic) bond motifs is 1. The number of hydrazine groups is 1. The van der Waals surface area contributed by atoms with E-state index in [-0.39, 0.29) is 17.2 Å². The number of aliphatic imine (C=N–C) groups is 1. The zero-order chi connectivity index (χ0) is 20.3. The predicted molar refractivity (Wildman–Crippen MR) is 99.2 cm³/mol. The second-order valence-electron chi connectivity index (χ2n) is 6.10. The summed E-state index contributed by atoms with van der Waals surface area (Å²) in [6.45, 7) is 1.46. The van der Waals surface area contributed by atoms with Gasteiger partial charge in [0.15, 0.2) is 0 Å². The van der Waals surface area contributed by atoms with E-state index >= 15 is 0 Å². The van der Waals surface area contributed by atoms with Crippen LogP contribution in [0.5, 0.6) is 0 Å². The molecule has 1 aliphatic rings. The Kier molecular flexibility index (Phi) is 5.41. The van der Waals surface area contributed by atoms with Crippen LogP contribution < -0.4 is 15.6 Å². The Morgan fingerprint density at radius 2 is 1.79 bits per heavy atom. The highest BCUT2D eigenvalue weighted by atomic mass is 32.2. The lowest BCUT2D eigenvalue weighted by molar-refractivity contribution is -0.129. The summed E-state index contributed by atoms with van der Waals surface area (Å²) in [5.41, 5.74) is 5.44. The van der Waals surface area contributed by atoms with Crippen LogP contribution in [0.15, 0.2) is 58.4 Å². The Morgan fingerprint density at radius 1 is 1.11 bits per heavy atom. The van der Waals surface area contributed by atoms with Crippen molar-refractivity contribution in [3.63, 3.8) is 0 Å². The predicted octanol–water partition coefficient (Wildman–Crippen LogP) is 0.643. The molecule has 0 unspecified atom stereocenters. The molecule has 0 aliphatic carbocycles. The largest absolute Gasteiger partial charge is 0.273 e. The first-order chi connectivity index (χ1) is 13.3. The summed E-state index contributed by atoms with van der Waals surface area (Å²) in [6, 6.07) is 10.7. The molecule has 10 heteroatoms. The second kappa shape index (κ2) is 7.77. The molecule has 0 saturated carbocycles. The second-order valence-corrected chi connectivity index (χ2v) is 7.75. The SMILES string of the molecule is C[C@H](N=C1NS(=O)(=O)c2ccccc21)C(=O)NNC(=O)Cc1ccc(F)cc1. The van der Waals surface area contributed by atoms with Crippen molar-refractivity contribution in [1.29, 1.82) is 0 Å². The summed E-state index contributed by atoms with van der Waals surface area (Å²) in [5.74, 6) is -1.46. The molecule has 0 bridgehead atoms. The highest BCUT2D eigenvalue weighted by Crippen LogP contribution is 2.22. The molecule has 0 spiro atoms. The first kappa shape index (κ1) is 19.5. The maximum Gasteiger partial charge on any atom is 0.263 e. The Bertz CT molecular complexity index is 1050. The number of amidine groups is 1. The summed E-state index contributed by atoms with van der Waals surface area (Å²) in [5, 5.41) is 0. The van der Waals surface area contributed by atoms with E-state index in [9.17, 15) is 22.4 Å². The van der Waals surface area contributed by atoms with Crippen molar-refractivity contribution >= 4 is 27.7 Å². The van der Waals surface area contributed by atoms with E-state index in [1.807, 2.05) is 0 Å². The number of nitrogens with one attached hydrogen (secondary N) is 3. The maximum atomic E-state index is 12.9. The summed E-state index contributed by atoms with van der Waals surface area (Å²) in [7, 11) is -3.70. The maximum absolute atomic E-state index is 12.9. The smallest absolute Gasteiger partial charge is 0.263 e. The standard InChI is InChI=1S/C18H17FN4O4S/c1-11(20-17-14-4-2-3-5-15(14)28(26,27)23-17)18(25)22-21-16(24)10-12-6-8-13(19)9-7-12/h2-9,11H,10H2,1H3,(H,20,23)(H,21,24)(H,22,25)/t11-/m0/s1. The van der Waals surface area contributed by atoms with E-state index in [0.29, 0.717) is 11.1 Å². The number of carbonyl (C=O) groups excluding carboxylic acids is 2. The van der Waals surface area contributed by atoms with Gasteiger partial charge in [-0.05, 0) is 36.8 Å². The van der Waals surface area contributed by atoms with Crippen molar-refractivity contribution in [3.8, 4) is 0 Å². The molecule has 3 N–H and O–H groups in total. The highest BCUT2D eigenvalue weighted by Gasteiger charge is 2.31. The van der Waals surface area contributed by atoms with Gasteiger partial charge in [-0.1, -0.05) is 24.3 Å². The monoisotopic (exact) mass is 404 g/mol. The molecular weight excluding hydrogens is 387 g/mol. The molecule has 0 saturated heterocycles. The molecule has 146 valence electrons. The van der Waals surface area contributed by atoms with Crippen molar-refractivity contribution in [3.05, 3.63) is 65.5 Å². The number of hydrogen-bond acceptors (Lipinski definition) is 5. The number of amides is 2. The minimum absolute atomic E-state index is 0.0450. The van der Waals surface area contributed by atoms with E-state index in [2.05, 4.69) is 20.6 Å². The highest BCUT2D eigenvalue weighted by molar-refractivity contribution is 7.90. The number of carbonyl (C=O) groups is 2. The fraction of sp³-hybridized carbons (Fsp3) is 0.167. The van der Waals surface area contributed by atoms with Gasteiger partial charge in [0.05, 0.1) is 11.3 Å². The molecule has 1 aliphatic heterocycles. The van der Waals surface area contributed by atoms with Crippen molar-refractivity contribution in [1.82, 2.24) is 15.6 Å². The molecule has 0 fully saturated rings. The molecular formula is C18H17FN4O4S. The van der Waals surface area contributed by atoms with Crippen molar-refractivity contribution in [2.45, 2.75) is 24.3 Å². The zero-order valence-electron chi connectivity index (χ0n) is 14.8. The van der Waals surface area contributed by atoms with Crippen LogP contribution in [-0.4, -0.2) is 32.1 Å². The Balaban J connectivity index is 1.60. The van der Waals surface area contributed by atoms with Crippen LogP contribution in [0.2, 0.25) is 0 Å². The summed E-state index contributed by atoms with van der Waals surface area (Å²) in [4.78, 5) is 28.2. The van der Waals surface area contributed by atoms with E-state index in [1.165, 1.54) is 37.3 Å². The van der Waals surface area contributed by atoms with Crippen molar-refractivity contribution < 1.29 is 22.4 Å². The third-order valence-electron chi connectivity index (χ3n) is 3.97. The lowest BCUT2D eigenvalue weighted by Crippen LogP contribution is -2.46. The van der Waals surface area contributed by atoms with Gasteiger partial charge in [-0.15, -0.1) is 0 Å². The van der Waals surface area contributed by atoms with Crippen molar-refractivity contribution in [2.75, 3.05) is 0 Å². The van der Waals surface area contributed by atoms with Gasteiger partial charge in [0, 0.05) is 5.56 Å². The van der Waals surface area contributed by atoms with Crippen LogP contribution in [0.25, 0.3) is 0 Å². The lowest BCUT2D eigenvalue weighted by Gasteiger charge is -2.11. The molecule has 28 heavy (non-hydrogen) atoms. The lowest BCUT2D eigenvalue weighted by atomic mass is 10.1. The van der Waals surface area contributed by atoms with Gasteiger partial charge >= 0.3 is 0 Å². The Hall–Kier alpha value is -3.27. The van der Waals surface area contributed by atoms with Gasteiger partial charge in [-0.2, -0.15) is 0 Å². The topological polar surface area (TPSA) is 117 Å². The fourth-order valence-electron chi connectivity index (χ4n) is 2.55. The molecule has 3 rings (SSSR count). The molecule has 1 atom stereocenters.